The van der Waals surface area contributed by atoms with Crippen LogP contribution >= 0.6 is 0 Å². The Morgan fingerprint density at radius 1 is 1.36 bits per heavy atom. The second-order valence-electron chi connectivity index (χ2n) is 3.59. The summed E-state index contributed by atoms with van der Waals surface area (Å²) >= 11 is 0. The van der Waals surface area contributed by atoms with Crippen LogP contribution in [0.5, 0.6) is 0 Å². The van der Waals surface area contributed by atoms with Gasteiger partial charge in [-0.1, -0.05) is 6.07 Å². The summed E-state index contributed by atoms with van der Waals surface area (Å²) in [6, 6.07) is 4.28. The predicted octanol–water partition coefficient (Wildman–Crippen LogP) is 2.23. The van der Waals surface area contributed by atoms with E-state index < -0.39 is 0 Å². The van der Waals surface area contributed by atoms with Gasteiger partial charge >= 0.3 is 0 Å². The summed E-state index contributed by atoms with van der Waals surface area (Å²) in [6.45, 7) is 6.14. The molecule has 0 amide bonds. The Morgan fingerprint density at radius 2 is 2.07 bits per heavy atom. The SMILES string of the molecule is COC(C)[C@H](C)Nc1ccc(C)cn1. The second-order valence-corrected chi connectivity index (χ2v) is 3.59. The monoisotopic (exact) mass is 194 g/mol. The maximum absolute atomic E-state index is 5.22. The molecule has 1 N–H and O–H groups in total. The van der Waals surface area contributed by atoms with E-state index in [0.717, 1.165) is 5.82 Å². The van der Waals surface area contributed by atoms with E-state index in [1.165, 1.54) is 5.56 Å². The van der Waals surface area contributed by atoms with Crippen molar-refractivity contribution in [3.05, 3.63) is 23.9 Å². The first-order chi connectivity index (χ1) is 6.63. The number of anilines is 1. The fourth-order valence-electron chi connectivity index (χ4n) is 1.11. The van der Waals surface area contributed by atoms with Gasteiger partial charge in [-0.3, -0.25) is 0 Å². The highest BCUT2D eigenvalue weighted by Crippen LogP contribution is 2.08. The van der Waals surface area contributed by atoms with Crippen molar-refractivity contribution in [1.82, 2.24) is 4.98 Å². The minimum atomic E-state index is 0.179. The molecule has 2 atom stereocenters. The van der Waals surface area contributed by atoms with Gasteiger partial charge in [0.05, 0.1) is 12.1 Å². The maximum atomic E-state index is 5.22. The minimum Gasteiger partial charge on any atom is -0.380 e. The van der Waals surface area contributed by atoms with Crippen LogP contribution in [0.2, 0.25) is 0 Å². The summed E-state index contributed by atoms with van der Waals surface area (Å²) in [7, 11) is 1.71. The van der Waals surface area contributed by atoms with E-state index in [1.807, 2.05) is 32.2 Å². The highest BCUT2D eigenvalue weighted by atomic mass is 16.5. The third kappa shape index (κ3) is 3.00. The zero-order valence-corrected chi connectivity index (χ0v) is 9.24. The number of nitrogens with one attached hydrogen (secondary N) is 1. The average Bonchev–Trinajstić information content (AvgIpc) is 2.20. The Bertz CT molecular complexity index is 271. The van der Waals surface area contributed by atoms with Crippen molar-refractivity contribution in [3.8, 4) is 0 Å². The van der Waals surface area contributed by atoms with Gasteiger partial charge in [0.25, 0.3) is 0 Å². The molecule has 1 heterocycles. The lowest BCUT2D eigenvalue weighted by Gasteiger charge is -2.20. The Morgan fingerprint density at radius 3 is 2.57 bits per heavy atom. The van der Waals surface area contributed by atoms with E-state index in [1.54, 1.807) is 7.11 Å². The third-order valence-electron chi connectivity index (χ3n) is 2.36. The van der Waals surface area contributed by atoms with Crippen LogP contribution in [0.4, 0.5) is 5.82 Å². The molecule has 0 saturated carbocycles. The van der Waals surface area contributed by atoms with Gasteiger partial charge in [0.15, 0.2) is 0 Å². The molecule has 1 aromatic heterocycles. The van der Waals surface area contributed by atoms with Crippen LogP contribution in [0.1, 0.15) is 19.4 Å². The van der Waals surface area contributed by atoms with Crippen molar-refractivity contribution in [2.45, 2.75) is 32.9 Å². The average molecular weight is 194 g/mol. The molecule has 3 heteroatoms. The molecule has 1 unspecified atom stereocenters. The molecule has 0 radical (unpaired) electrons. The summed E-state index contributed by atoms with van der Waals surface area (Å²) in [4.78, 5) is 4.27. The number of rotatable bonds is 4. The number of hydrogen-bond acceptors (Lipinski definition) is 3. The Labute approximate surface area is 85.5 Å². The molecule has 78 valence electrons. The van der Waals surface area contributed by atoms with E-state index in [4.69, 9.17) is 4.74 Å². The smallest absolute Gasteiger partial charge is 0.126 e. The molecule has 1 aromatic rings. The number of ether oxygens (including phenoxy) is 1. The van der Waals surface area contributed by atoms with Crippen LogP contribution in [0.3, 0.4) is 0 Å². The van der Waals surface area contributed by atoms with Crippen molar-refractivity contribution in [2.24, 2.45) is 0 Å². The van der Waals surface area contributed by atoms with Crippen LogP contribution in [-0.4, -0.2) is 24.2 Å². The minimum absolute atomic E-state index is 0.179. The van der Waals surface area contributed by atoms with Gasteiger partial charge in [0, 0.05) is 13.3 Å². The summed E-state index contributed by atoms with van der Waals surface area (Å²) in [6.07, 6.45) is 2.03. The molecule has 0 bridgehead atoms. The van der Waals surface area contributed by atoms with Gasteiger partial charge in [-0.15, -0.1) is 0 Å². The molecule has 0 aliphatic carbocycles. The molecule has 14 heavy (non-hydrogen) atoms. The van der Waals surface area contributed by atoms with Crippen molar-refractivity contribution >= 4 is 5.82 Å². The summed E-state index contributed by atoms with van der Waals surface area (Å²) in [5, 5.41) is 3.28. The number of nitrogens with zero attached hydrogens (tertiary/aromatic N) is 1. The molecule has 3 nitrogen and oxygen atoms in total. The maximum Gasteiger partial charge on any atom is 0.126 e. The Hall–Kier alpha value is -1.09. The summed E-state index contributed by atoms with van der Waals surface area (Å²) in [5.41, 5.74) is 1.17. The Kier molecular flexibility index (Phi) is 3.89. The molecule has 0 saturated heterocycles. The molecule has 0 spiro atoms. The lowest BCUT2D eigenvalue weighted by molar-refractivity contribution is 0.106. The van der Waals surface area contributed by atoms with Gasteiger partial charge in [-0.05, 0) is 32.4 Å². The molecular formula is C11H18N2O. The highest BCUT2D eigenvalue weighted by Gasteiger charge is 2.10. The summed E-state index contributed by atoms with van der Waals surface area (Å²) in [5.74, 6) is 0.895. The van der Waals surface area contributed by atoms with Gasteiger partial charge in [-0.2, -0.15) is 0 Å². The molecule has 0 fully saturated rings. The van der Waals surface area contributed by atoms with Crippen LogP contribution in [0.25, 0.3) is 0 Å². The number of pyridine rings is 1. The number of hydrogen-bond donors (Lipinski definition) is 1. The normalized spacial score (nSPS) is 14.9. The molecule has 0 aromatic carbocycles. The van der Waals surface area contributed by atoms with E-state index in [9.17, 15) is 0 Å². The van der Waals surface area contributed by atoms with Crippen LogP contribution in [0, 0.1) is 6.92 Å². The lowest BCUT2D eigenvalue weighted by atomic mass is 10.2. The van der Waals surface area contributed by atoms with Crippen molar-refractivity contribution in [2.75, 3.05) is 12.4 Å². The van der Waals surface area contributed by atoms with Crippen LogP contribution in [-0.2, 0) is 4.74 Å². The summed E-state index contributed by atoms with van der Waals surface area (Å²) < 4.78 is 5.22. The van der Waals surface area contributed by atoms with Gasteiger partial charge < -0.3 is 10.1 Å². The first-order valence-corrected chi connectivity index (χ1v) is 4.85. The van der Waals surface area contributed by atoms with Crippen LogP contribution in [0.15, 0.2) is 18.3 Å². The number of aromatic nitrogens is 1. The zero-order valence-electron chi connectivity index (χ0n) is 9.24. The predicted molar refractivity (Wildman–Crippen MR) is 58.5 cm³/mol. The molecule has 0 aliphatic rings. The van der Waals surface area contributed by atoms with Gasteiger partial charge in [-0.25, -0.2) is 4.98 Å². The van der Waals surface area contributed by atoms with Crippen molar-refractivity contribution < 1.29 is 4.74 Å². The highest BCUT2D eigenvalue weighted by molar-refractivity contribution is 5.36. The molecular weight excluding hydrogens is 176 g/mol. The van der Waals surface area contributed by atoms with Crippen molar-refractivity contribution in [3.63, 3.8) is 0 Å². The first-order valence-electron chi connectivity index (χ1n) is 4.85. The van der Waals surface area contributed by atoms with E-state index in [2.05, 4.69) is 17.2 Å². The van der Waals surface area contributed by atoms with Crippen molar-refractivity contribution in [1.29, 1.82) is 0 Å². The fraction of sp³-hybridized carbons (Fsp3) is 0.545. The first kappa shape index (κ1) is 11.0. The second kappa shape index (κ2) is 4.96. The number of methoxy groups -OCH3 is 1. The van der Waals surface area contributed by atoms with E-state index >= 15 is 0 Å². The Balaban J connectivity index is 2.56. The topological polar surface area (TPSA) is 34.1 Å². The molecule has 1 rings (SSSR count). The fourth-order valence-corrected chi connectivity index (χ4v) is 1.11. The quantitative estimate of drug-likeness (QED) is 0.798. The van der Waals surface area contributed by atoms with Gasteiger partial charge in [0.1, 0.15) is 5.82 Å². The van der Waals surface area contributed by atoms with Gasteiger partial charge in [0.2, 0.25) is 0 Å². The zero-order chi connectivity index (χ0) is 10.6. The van der Waals surface area contributed by atoms with E-state index in [0.29, 0.717) is 0 Å². The lowest BCUT2D eigenvalue weighted by Crippen LogP contribution is -2.29. The standard InChI is InChI=1S/C11H18N2O/c1-8-5-6-11(12-7-8)13-9(2)10(3)14-4/h5-7,9-10H,1-4H3,(H,12,13)/t9-,10?/m0/s1. The molecule has 0 aliphatic heterocycles. The number of aryl methyl sites for hydroxylation is 1. The van der Waals surface area contributed by atoms with E-state index in [-0.39, 0.29) is 12.1 Å². The largest absolute Gasteiger partial charge is 0.380 e. The van der Waals surface area contributed by atoms with Crippen LogP contribution < -0.4 is 5.32 Å². The third-order valence-corrected chi connectivity index (χ3v) is 2.36.